The zero-order valence-corrected chi connectivity index (χ0v) is 25.7. The number of carbonyl (C=O) groups excluding carboxylic acids is 3. The van der Waals surface area contributed by atoms with E-state index in [9.17, 15) is 34.8 Å². The molecule has 3 aliphatic carbocycles. The quantitative estimate of drug-likeness (QED) is 0.295. The Morgan fingerprint density at radius 3 is 2.32 bits per heavy atom. The number of nitrogens with two attached hydrogens (primary N) is 1. The molecule has 0 saturated carbocycles. The summed E-state index contributed by atoms with van der Waals surface area (Å²) in [5, 5.41) is 45.5. The third kappa shape index (κ3) is 4.41. The minimum absolute atomic E-state index is 0.000840. The summed E-state index contributed by atoms with van der Waals surface area (Å²) in [6.07, 6.45) is 0.145. The van der Waals surface area contributed by atoms with Crippen LogP contribution in [-0.4, -0.2) is 87.6 Å². The zero-order valence-electron chi connectivity index (χ0n) is 25.7. The van der Waals surface area contributed by atoms with Gasteiger partial charge in [-0.15, -0.1) is 0 Å². The van der Waals surface area contributed by atoms with E-state index in [4.69, 9.17) is 10.5 Å². The molecule has 0 heterocycles. The number of carbonyl (C=O) groups is 3. The highest BCUT2D eigenvalue weighted by molar-refractivity contribution is 6.24. The molecule has 44 heavy (non-hydrogen) atoms. The Morgan fingerprint density at radius 1 is 1.11 bits per heavy atom. The van der Waals surface area contributed by atoms with E-state index in [0.29, 0.717) is 23.4 Å². The first-order valence-corrected chi connectivity index (χ1v) is 14.4. The number of allylic oxidation sites excluding steroid dienone is 1. The van der Waals surface area contributed by atoms with Gasteiger partial charge in [-0.1, -0.05) is 30.3 Å². The molecule has 5 rings (SSSR count). The number of ether oxygens (including phenoxy) is 1. The second-order valence-electron chi connectivity index (χ2n) is 12.7. The summed E-state index contributed by atoms with van der Waals surface area (Å²) in [5.74, 6) is -6.49. The van der Waals surface area contributed by atoms with E-state index in [2.05, 4.69) is 18.7 Å². The smallest absolute Gasteiger partial charge is 0.255 e. The number of amides is 1. The molecule has 2 aromatic rings. The number of aliphatic hydroxyl groups excluding tert-OH is 2. The largest absolute Gasteiger partial charge is 0.510 e. The summed E-state index contributed by atoms with van der Waals surface area (Å²) in [6, 6.07) is 10.4. The van der Waals surface area contributed by atoms with E-state index in [0.717, 1.165) is 5.56 Å². The SMILES string of the molecule is COc1c(CN(C)C(C)(C)c2ccccc2)cc(O)c2c1C[C@H]1C[C@H]3[C@H](N(C)C)C(O)=C(C(N)=O)C(=O)[C@@]3(O)C(O)=C1C2=O. The molecule has 0 aromatic heterocycles. The van der Waals surface area contributed by atoms with Crippen LogP contribution in [0.15, 0.2) is 59.1 Å². The van der Waals surface area contributed by atoms with Crippen LogP contribution >= 0.6 is 0 Å². The Hall–Kier alpha value is -4.19. The minimum Gasteiger partial charge on any atom is -0.510 e. The van der Waals surface area contributed by atoms with Crippen molar-refractivity contribution in [1.29, 1.82) is 0 Å². The Kier molecular flexibility index (Phi) is 7.64. The van der Waals surface area contributed by atoms with Crippen molar-refractivity contribution in [3.8, 4) is 11.5 Å². The molecule has 0 saturated heterocycles. The van der Waals surface area contributed by atoms with Crippen molar-refractivity contribution in [1.82, 2.24) is 9.80 Å². The second-order valence-corrected chi connectivity index (χ2v) is 12.7. The lowest BCUT2D eigenvalue weighted by Gasteiger charge is -2.50. The van der Waals surface area contributed by atoms with Crippen LogP contribution in [-0.2, 0) is 28.1 Å². The summed E-state index contributed by atoms with van der Waals surface area (Å²) in [4.78, 5) is 43.3. The van der Waals surface area contributed by atoms with Gasteiger partial charge in [0.05, 0.1) is 18.7 Å². The van der Waals surface area contributed by atoms with Gasteiger partial charge in [-0.2, -0.15) is 0 Å². The molecule has 11 nitrogen and oxygen atoms in total. The number of ketones is 2. The molecule has 0 aliphatic heterocycles. The van der Waals surface area contributed by atoms with E-state index >= 15 is 0 Å². The van der Waals surface area contributed by atoms with Crippen molar-refractivity contribution in [3.63, 3.8) is 0 Å². The molecule has 4 atom stereocenters. The molecule has 3 aliphatic rings. The summed E-state index contributed by atoms with van der Waals surface area (Å²) in [7, 11) is 6.63. The lowest BCUT2D eigenvalue weighted by Crippen LogP contribution is -2.63. The first-order valence-electron chi connectivity index (χ1n) is 14.4. The highest BCUT2D eigenvalue weighted by Crippen LogP contribution is 2.53. The van der Waals surface area contributed by atoms with E-state index in [1.54, 1.807) is 14.1 Å². The van der Waals surface area contributed by atoms with E-state index in [1.807, 2.05) is 37.4 Å². The summed E-state index contributed by atoms with van der Waals surface area (Å²) in [6.45, 7) is 4.53. The summed E-state index contributed by atoms with van der Waals surface area (Å²) < 4.78 is 5.85. The number of benzene rings is 2. The van der Waals surface area contributed by atoms with Gasteiger partial charge in [-0.3, -0.25) is 24.2 Å². The predicted molar refractivity (Wildman–Crippen MR) is 161 cm³/mol. The lowest BCUT2D eigenvalue weighted by molar-refractivity contribution is -0.148. The average molecular weight is 606 g/mol. The highest BCUT2D eigenvalue weighted by atomic mass is 16.5. The van der Waals surface area contributed by atoms with Crippen LogP contribution in [0.2, 0.25) is 0 Å². The van der Waals surface area contributed by atoms with Gasteiger partial charge in [-0.25, -0.2) is 0 Å². The topological polar surface area (TPSA) is 174 Å². The highest BCUT2D eigenvalue weighted by Gasteiger charge is 2.63. The number of phenols is 1. The number of aliphatic hydroxyl groups is 3. The number of hydrogen-bond donors (Lipinski definition) is 5. The first-order chi connectivity index (χ1) is 20.6. The molecule has 0 fully saturated rings. The van der Waals surface area contributed by atoms with Crippen LogP contribution in [0.3, 0.4) is 0 Å². The summed E-state index contributed by atoms with van der Waals surface area (Å²) in [5.41, 5.74) is 3.38. The van der Waals surface area contributed by atoms with Gasteiger partial charge >= 0.3 is 0 Å². The fraction of sp³-hybridized carbons (Fsp3) is 0.424. The van der Waals surface area contributed by atoms with E-state index in [-0.39, 0.29) is 29.7 Å². The molecular weight excluding hydrogens is 566 g/mol. The molecule has 2 aromatic carbocycles. The number of hydrogen-bond acceptors (Lipinski definition) is 10. The standard InChI is InChI=1S/C33H39N3O8/c1-32(2,18-10-8-7-9-11-18)36(5)15-17-14-21(37)23-19(28(17)44-6)12-16-13-20-25(35(3)4)27(39)24(31(34)42)30(41)33(20,43)29(40)22(16)26(23)38/h7-11,14,16,20,25,37,39-40,43H,12-13,15H2,1-6H3,(H2,34,42)/t16-,20-,25-,33-/m0/s1. The molecule has 234 valence electrons. The van der Waals surface area contributed by atoms with Crippen molar-refractivity contribution in [2.75, 3.05) is 28.3 Å². The molecule has 0 unspecified atom stereocenters. The number of likely N-dealkylation sites (N-methyl/N-ethyl adjacent to an activating group) is 1. The summed E-state index contributed by atoms with van der Waals surface area (Å²) >= 11 is 0. The van der Waals surface area contributed by atoms with Gasteiger partial charge < -0.3 is 30.9 Å². The fourth-order valence-electron chi connectivity index (χ4n) is 7.25. The molecular formula is C33H39N3O8. The van der Waals surface area contributed by atoms with Crippen LogP contribution in [0.25, 0.3) is 0 Å². The number of primary amides is 1. The van der Waals surface area contributed by atoms with Crippen LogP contribution in [0.4, 0.5) is 0 Å². The van der Waals surface area contributed by atoms with Crippen LogP contribution < -0.4 is 10.5 Å². The lowest BCUT2D eigenvalue weighted by atomic mass is 9.58. The van der Waals surface area contributed by atoms with Crippen LogP contribution in [0.1, 0.15) is 47.3 Å². The number of phenolic OH excluding ortho intramolecular Hbond substituents is 1. The number of fused-ring (bicyclic) bond motifs is 3. The average Bonchev–Trinajstić information content (AvgIpc) is 2.95. The number of methoxy groups -OCH3 is 1. The maximum absolute atomic E-state index is 14.0. The van der Waals surface area contributed by atoms with Crippen molar-refractivity contribution < 1.29 is 39.5 Å². The predicted octanol–water partition coefficient (Wildman–Crippen LogP) is 2.50. The number of Topliss-reactive ketones (excluding diaryl/α,β-unsaturated/α-hetero) is 2. The fourth-order valence-corrected chi connectivity index (χ4v) is 7.25. The van der Waals surface area contributed by atoms with Gasteiger partial charge in [0.1, 0.15) is 28.6 Å². The van der Waals surface area contributed by atoms with Crippen molar-refractivity contribution in [2.24, 2.45) is 17.6 Å². The molecule has 1 amide bonds. The van der Waals surface area contributed by atoms with Gasteiger partial charge in [0.2, 0.25) is 5.78 Å². The minimum atomic E-state index is -2.68. The normalized spacial score (nSPS) is 25.2. The Bertz CT molecular complexity index is 1630. The Balaban J connectivity index is 1.61. The van der Waals surface area contributed by atoms with Crippen LogP contribution in [0, 0.1) is 11.8 Å². The maximum atomic E-state index is 14.0. The Labute approximate surface area is 255 Å². The van der Waals surface area contributed by atoms with Crippen molar-refractivity contribution in [2.45, 2.75) is 50.4 Å². The molecule has 0 spiro atoms. The molecule has 6 N–H and O–H groups in total. The van der Waals surface area contributed by atoms with E-state index in [1.165, 1.54) is 18.1 Å². The van der Waals surface area contributed by atoms with Gasteiger partial charge in [0, 0.05) is 34.7 Å². The number of nitrogens with zero attached hydrogens (tertiary/aromatic N) is 2. The molecule has 0 radical (unpaired) electrons. The molecule has 11 heteroatoms. The Morgan fingerprint density at radius 2 is 1.75 bits per heavy atom. The maximum Gasteiger partial charge on any atom is 0.255 e. The third-order valence-corrected chi connectivity index (χ3v) is 9.80. The van der Waals surface area contributed by atoms with Crippen LogP contribution in [0.5, 0.6) is 11.5 Å². The third-order valence-electron chi connectivity index (χ3n) is 9.80. The second kappa shape index (κ2) is 10.8. The van der Waals surface area contributed by atoms with Gasteiger partial charge in [-0.05, 0) is 65.4 Å². The van der Waals surface area contributed by atoms with Crippen molar-refractivity contribution in [3.05, 3.63) is 81.3 Å². The first kappa shape index (κ1) is 31.2. The van der Waals surface area contributed by atoms with Gasteiger partial charge in [0.15, 0.2) is 11.4 Å². The monoisotopic (exact) mass is 605 g/mol. The van der Waals surface area contributed by atoms with Gasteiger partial charge in [0.25, 0.3) is 5.91 Å². The van der Waals surface area contributed by atoms with E-state index < -0.39 is 63.6 Å². The van der Waals surface area contributed by atoms with Crippen molar-refractivity contribution >= 4 is 17.5 Å². The molecule has 0 bridgehead atoms. The zero-order chi connectivity index (χ0) is 32.5. The number of aromatic hydroxyl groups is 1. The number of rotatable bonds is 7.